The minimum atomic E-state index is -0.125. The summed E-state index contributed by atoms with van der Waals surface area (Å²) in [6.07, 6.45) is 3.07. The Morgan fingerprint density at radius 1 is 0.941 bits per heavy atom. The Hall–Kier alpha value is -2.85. The number of ketones is 1. The fraction of sp³-hybridized carbons (Fsp3) is 0.172. The molecule has 34 heavy (non-hydrogen) atoms. The van der Waals surface area contributed by atoms with Gasteiger partial charge in [0.1, 0.15) is 0 Å². The molecule has 0 saturated carbocycles. The largest absolute Gasteiger partial charge is 0.512 e. The van der Waals surface area contributed by atoms with E-state index in [2.05, 4.69) is 80.4 Å². The number of aromatic nitrogens is 1. The zero-order valence-electron chi connectivity index (χ0n) is 19.8. The molecular weight excluding hydrogens is 619 g/mol. The number of carbonyl (C=O) groups excluding carboxylic acids is 1. The predicted molar refractivity (Wildman–Crippen MR) is 140 cm³/mol. The van der Waals surface area contributed by atoms with Crippen molar-refractivity contribution in [1.29, 1.82) is 0 Å². The molecule has 0 spiro atoms. The molecule has 5 heteroatoms. The van der Waals surface area contributed by atoms with Crippen molar-refractivity contribution in [2.75, 3.05) is 0 Å². The summed E-state index contributed by atoms with van der Waals surface area (Å²) < 4.78 is 1.28. The zero-order valence-corrected chi connectivity index (χ0v) is 23.0. The number of allylic oxidation sites excluding steroid dienone is 2. The fourth-order valence-corrected chi connectivity index (χ4v) is 5.13. The van der Waals surface area contributed by atoms with Gasteiger partial charge in [-0.3, -0.25) is 4.79 Å². The van der Waals surface area contributed by atoms with Gasteiger partial charge in [-0.1, -0.05) is 46.0 Å². The zero-order chi connectivity index (χ0) is 23.7. The molecular formula is C29H26IrNO2S-. The van der Waals surface area contributed by atoms with Crippen LogP contribution in [0.1, 0.15) is 29.9 Å². The molecule has 0 aliphatic rings. The number of hydrogen-bond donors (Lipinski definition) is 1. The van der Waals surface area contributed by atoms with Gasteiger partial charge in [0.05, 0.1) is 5.76 Å². The van der Waals surface area contributed by atoms with Crippen LogP contribution in [0.2, 0.25) is 0 Å². The van der Waals surface area contributed by atoms with Crippen LogP contribution in [0.15, 0.2) is 66.6 Å². The van der Waals surface area contributed by atoms with Crippen LogP contribution in [0, 0.1) is 26.8 Å². The van der Waals surface area contributed by atoms with Gasteiger partial charge in [0.2, 0.25) is 0 Å². The molecule has 0 atom stereocenters. The number of carbonyl (C=O) groups is 1. The fourth-order valence-electron chi connectivity index (χ4n) is 4.21. The number of thiophene rings is 1. The third-order valence-corrected chi connectivity index (χ3v) is 6.79. The maximum Gasteiger partial charge on any atom is 0.155 e. The first-order valence-electron chi connectivity index (χ1n) is 10.8. The molecule has 2 heterocycles. The number of aliphatic hydroxyl groups excluding tert-OH is 1. The average molecular weight is 645 g/mol. The monoisotopic (exact) mass is 645 g/mol. The van der Waals surface area contributed by atoms with Gasteiger partial charge < -0.3 is 10.1 Å². The third-order valence-electron chi connectivity index (χ3n) is 5.77. The van der Waals surface area contributed by atoms with Crippen LogP contribution in [0.4, 0.5) is 0 Å². The van der Waals surface area contributed by atoms with E-state index in [1.54, 1.807) is 0 Å². The van der Waals surface area contributed by atoms with Gasteiger partial charge in [0.25, 0.3) is 0 Å². The second-order valence-corrected chi connectivity index (χ2v) is 9.58. The molecule has 0 aliphatic carbocycles. The first-order chi connectivity index (χ1) is 15.8. The molecule has 0 amide bonds. The van der Waals surface area contributed by atoms with E-state index >= 15 is 0 Å². The number of rotatable bonds is 2. The average Bonchev–Trinajstić information content (AvgIpc) is 3.17. The molecule has 3 aromatic carbocycles. The smallest absolute Gasteiger partial charge is 0.155 e. The van der Waals surface area contributed by atoms with Crippen molar-refractivity contribution in [1.82, 2.24) is 4.98 Å². The quantitative estimate of drug-likeness (QED) is 0.0917. The Labute approximate surface area is 217 Å². The van der Waals surface area contributed by atoms with Gasteiger partial charge in [-0.25, -0.2) is 0 Å². The van der Waals surface area contributed by atoms with Crippen LogP contribution in [0.25, 0.3) is 42.9 Å². The van der Waals surface area contributed by atoms with E-state index in [1.165, 1.54) is 67.6 Å². The van der Waals surface area contributed by atoms with Crippen molar-refractivity contribution in [3.8, 4) is 11.3 Å². The third kappa shape index (κ3) is 5.12. The van der Waals surface area contributed by atoms with E-state index in [0.717, 1.165) is 11.3 Å². The number of aryl methyl sites for hydroxylation is 3. The maximum absolute atomic E-state index is 10.0. The summed E-state index contributed by atoms with van der Waals surface area (Å²) in [6, 6.07) is 20.9. The Kier molecular flexibility index (Phi) is 8.04. The number of aliphatic hydroxyl groups is 1. The van der Waals surface area contributed by atoms with E-state index in [-0.39, 0.29) is 31.6 Å². The van der Waals surface area contributed by atoms with Gasteiger partial charge in [-0.05, 0) is 68.8 Å². The molecule has 0 unspecified atom stereocenters. The molecule has 175 valence electrons. The number of pyridine rings is 1. The van der Waals surface area contributed by atoms with E-state index < -0.39 is 0 Å². The molecule has 0 bridgehead atoms. The summed E-state index contributed by atoms with van der Waals surface area (Å²) >= 11 is 1.82. The molecule has 0 saturated heterocycles. The van der Waals surface area contributed by atoms with Crippen molar-refractivity contribution in [2.45, 2.75) is 34.6 Å². The normalized spacial score (nSPS) is 11.3. The second-order valence-electron chi connectivity index (χ2n) is 8.29. The molecule has 2 aromatic heterocycles. The van der Waals surface area contributed by atoms with Crippen molar-refractivity contribution in [2.24, 2.45) is 0 Å². The topological polar surface area (TPSA) is 50.2 Å². The maximum atomic E-state index is 10.0. The van der Waals surface area contributed by atoms with Crippen molar-refractivity contribution < 1.29 is 30.0 Å². The standard InChI is InChI=1S/C24H18NS.C5H8O2.Ir/c1-14-12-22-23(26-14)10-11-25-24(22)17-8-9-20-19-7-5-4-6-18(19)15(2)16(3)21(20)13-17;1-4(6)3-5(2)7;/h4-7,9-13H,1-3H3;3,6H,1-2H3;/q-1;;/b;4-3-;. The first-order valence-corrected chi connectivity index (χ1v) is 11.6. The molecule has 5 aromatic rings. The van der Waals surface area contributed by atoms with E-state index in [1.807, 2.05) is 17.5 Å². The Morgan fingerprint density at radius 2 is 1.62 bits per heavy atom. The van der Waals surface area contributed by atoms with Crippen LogP contribution in [-0.4, -0.2) is 15.9 Å². The minimum Gasteiger partial charge on any atom is -0.512 e. The number of hydrogen-bond acceptors (Lipinski definition) is 4. The van der Waals surface area contributed by atoms with Crippen molar-refractivity contribution in [3.05, 3.63) is 88.6 Å². The molecule has 0 aliphatic heterocycles. The van der Waals surface area contributed by atoms with Crippen LogP contribution < -0.4 is 0 Å². The number of nitrogens with zero attached hydrogens (tertiary/aromatic N) is 1. The molecule has 1 radical (unpaired) electrons. The molecule has 5 rings (SSSR count). The van der Waals surface area contributed by atoms with Crippen LogP contribution in [0.5, 0.6) is 0 Å². The Balaban J connectivity index is 0.000000357. The predicted octanol–water partition coefficient (Wildman–Crippen LogP) is 8.03. The van der Waals surface area contributed by atoms with E-state index in [0.29, 0.717) is 0 Å². The van der Waals surface area contributed by atoms with Gasteiger partial charge in [0, 0.05) is 42.0 Å². The van der Waals surface area contributed by atoms with Crippen molar-refractivity contribution in [3.63, 3.8) is 0 Å². The first kappa shape index (κ1) is 25.8. The summed E-state index contributed by atoms with van der Waals surface area (Å²) in [5.74, 6) is -0.0625. The summed E-state index contributed by atoms with van der Waals surface area (Å²) in [5.41, 5.74) is 4.78. The van der Waals surface area contributed by atoms with Crippen LogP contribution in [-0.2, 0) is 24.9 Å². The summed E-state index contributed by atoms with van der Waals surface area (Å²) in [6.45, 7) is 9.44. The van der Waals surface area contributed by atoms with Gasteiger partial charge in [-0.15, -0.1) is 35.1 Å². The Morgan fingerprint density at radius 3 is 2.26 bits per heavy atom. The Bertz CT molecular complexity index is 1540. The molecule has 1 N–H and O–H groups in total. The van der Waals surface area contributed by atoms with Gasteiger partial charge in [0.15, 0.2) is 5.78 Å². The summed E-state index contributed by atoms with van der Waals surface area (Å²) in [5, 5.41) is 14.8. The summed E-state index contributed by atoms with van der Waals surface area (Å²) in [4.78, 5) is 16.0. The molecule has 3 nitrogen and oxygen atoms in total. The minimum absolute atomic E-state index is 0. The van der Waals surface area contributed by atoms with Crippen molar-refractivity contribution >= 4 is 48.8 Å². The SMILES string of the molecule is CC(=O)/C=C(/C)O.Cc1cc2c(-c3[c-]cc4c(c3)c(C)c(C)c3ccccc34)nccc2s1.[Ir]. The second kappa shape index (κ2) is 10.6. The van der Waals surface area contributed by atoms with Crippen LogP contribution in [0.3, 0.4) is 0 Å². The number of fused-ring (bicyclic) bond motifs is 4. The molecule has 0 fully saturated rings. The van der Waals surface area contributed by atoms with E-state index in [4.69, 9.17) is 5.11 Å². The number of benzene rings is 3. The summed E-state index contributed by atoms with van der Waals surface area (Å²) in [7, 11) is 0. The van der Waals surface area contributed by atoms with E-state index in [9.17, 15) is 4.79 Å². The van der Waals surface area contributed by atoms with Crippen LogP contribution >= 0.6 is 11.3 Å². The van der Waals surface area contributed by atoms with Gasteiger partial charge in [-0.2, -0.15) is 0 Å². The van der Waals surface area contributed by atoms with Gasteiger partial charge >= 0.3 is 0 Å².